The van der Waals surface area contributed by atoms with Crippen LogP contribution < -0.4 is 0 Å². The fraction of sp³-hybridized carbons (Fsp3) is 0.500. The van der Waals surface area contributed by atoms with Crippen LogP contribution in [0.2, 0.25) is 0 Å². The molecule has 0 unspecified atom stereocenters. The minimum Gasteiger partial charge on any atom is -0.477 e. The van der Waals surface area contributed by atoms with Crippen molar-refractivity contribution in [2.24, 2.45) is 0 Å². The number of rotatable bonds is 2. The number of carboxylic acid groups (broad SMARTS) is 1. The zero-order chi connectivity index (χ0) is 9.42. The first-order valence-corrected chi connectivity index (χ1v) is 4.67. The number of carbonyl (C=O) groups is 1. The molecule has 0 amide bonds. The molecule has 0 bridgehead atoms. The van der Waals surface area contributed by atoms with E-state index < -0.39 is 5.97 Å². The van der Waals surface area contributed by atoms with Crippen molar-refractivity contribution in [2.75, 3.05) is 0 Å². The van der Waals surface area contributed by atoms with Gasteiger partial charge in [-0.1, -0.05) is 6.92 Å². The van der Waals surface area contributed by atoms with Gasteiger partial charge in [-0.15, -0.1) is 0 Å². The van der Waals surface area contributed by atoms with Gasteiger partial charge in [0, 0.05) is 5.69 Å². The summed E-state index contributed by atoms with van der Waals surface area (Å²) in [5.41, 5.74) is 2.69. The standard InChI is InChI=1S/C10H13NO2/c1-2-6-3-4-8-7(6)5-9(11-8)10(12)13/h5-6,11H,2-4H2,1H3,(H,12,13)/t6-/m0/s1. The van der Waals surface area contributed by atoms with Crippen LogP contribution in [0.25, 0.3) is 0 Å². The number of nitrogens with one attached hydrogen (secondary N) is 1. The molecule has 0 radical (unpaired) electrons. The summed E-state index contributed by atoms with van der Waals surface area (Å²) < 4.78 is 0. The van der Waals surface area contributed by atoms with Gasteiger partial charge in [0.1, 0.15) is 5.69 Å². The number of fused-ring (bicyclic) bond motifs is 1. The molecule has 1 aliphatic rings. The van der Waals surface area contributed by atoms with E-state index in [2.05, 4.69) is 11.9 Å². The van der Waals surface area contributed by atoms with Crippen LogP contribution in [0.4, 0.5) is 0 Å². The van der Waals surface area contributed by atoms with E-state index in [9.17, 15) is 4.79 Å². The third kappa shape index (κ3) is 1.24. The lowest BCUT2D eigenvalue weighted by Gasteiger charge is -2.03. The van der Waals surface area contributed by atoms with Crippen molar-refractivity contribution in [1.82, 2.24) is 4.98 Å². The number of aromatic nitrogens is 1. The molecular formula is C10H13NO2. The summed E-state index contributed by atoms with van der Waals surface area (Å²) in [5.74, 6) is -0.288. The maximum atomic E-state index is 10.7. The zero-order valence-electron chi connectivity index (χ0n) is 7.63. The summed E-state index contributed by atoms with van der Waals surface area (Å²) in [7, 11) is 0. The number of hydrogen-bond acceptors (Lipinski definition) is 1. The molecule has 2 N–H and O–H groups in total. The molecule has 13 heavy (non-hydrogen) atoms. The summed E-state index contributed by atoms with van der Waals surface area (Å²) in [6.07, 6.45) is 3.27. The van der Waals surface area contributed by atoms with Gasteiger partial charge in [0.25, 0.3) is 0 Å². The third-order valence-electron chi connectivity index (χ3n) is 2.84. The number of aryl methyl sites for hydroxylation is 1. The van der Waals surface area contributed by atoms with E-state index in [0.29, 0.717) is 11.6 Å². The van der Waals surface area contributed by atoms with Crippen LogP contribution in [0.1, 0.15) is 47.4 Å². The summed E-state index contributed by atoms with van der Waals surface area (Å²) in [4.78, 5) is 13.6. The van der Waals surface area contributed by atoms with E-state index in [0.717, 1.165) is 25.0 Å². The van der Waals surface area contributed by atoms with Crippen LogP contribution in [0.3, 0.4) is 0 Å². The Kier molecular flexibility index (Phi) is 1.87. The number of carboxylic acids is 1. The summed E-state index contributed by atoms with van der Waals surface area (Å²) >= 11 is 0. The fourth-order valence-electron chi connectivity index (χ4n) is 2.10. The maximum absolute atomic E-state index is 10.7. The second-order valence-electron chi connectivity index (χ2n) is 3.57. The Morgan fingerprint density at radius 2 is 2.54 bits per heavy atom. The summed E-state index contributed by atoms with van der Waals surface area (Å²) in [5, 5.41) is 8.77. The maximum Gasteiger partial charge on any atom is 0.352 e. The van der Waals surface area contributed by atoms with Gasteiger partial charge in [0.05, 0.1) is 0 Å². The van der Waals surface area contributed by atoms with Crippen molar-refractivity contribution in [2.45, 2.75) is 32.1 Å². The van der Waals surface area contributed by atoms with Gasteiger partial charge in [-0.25, -0.2) is 4.79 Å². The highest BCUT2D eigenvalue weighted by molar-refractivity contribution is 5.86. The first-order chi connectivity index (χ1) is 6.22. The smallest absolute Gasteiger partial charge is 0.352 e. The van der Waals surface area contributed by atoms with Gasteiger partial charge in [-0.2, -0.15) is 0 Å². The average molecular weight is 179 g/mol. The molecule has 3 nitrogen and oxygen atoms in total. The van der Waals surface area contributed by atoms with Crippen LogP contribution in [0.5, 0.6) is 0 Å². The number of H-pyrrole nitrogens is 1. The Hall–Kier alpha value is -1.25. The molecule has 3 heteroatoms. The summed E-state index contributed by atoms with van der Waals surface area (Å²) in [6.45, 7) is 2.15. The minimum absolute atomic E-state index is 0.336. The van der Waals surface area contributed by atoms with Crippen LogP contribution in [-0.4, -0.2) is 16.1 Å². The average Bonchev–Trinajstić information content (AvgIpc) is 2.60. The highest BCUT2D eigenvalue weighted by Crippen LogP contribution is 2.35. The molecule has 0 aromatic carbocycles. The van der Waals surface area contributed by atoms with Crippen molar-refractivity contribution < 1.29 is 9.90 Å². The highest BCUT2D eigenvalue weighted by Gasteiger charge is 2.24. The molecule has 70 valence electrons. The van der Waals surface area contributed by atoms with Crippen LogP contribution in [-0.2, 0) is 6.42 Å². The summed E-state index contributed by atoms with van der Waals surface area (Å²) in [6, 6.07) is 1.79. The number of aromatic amines is 1. The molecule has 0 saturated carbocycles. The molecule has 0 fully saturated rings. The zero-order valence-corrected chi connectivity index (χ0v) is 7.63. The van der Waals surface area contributed by atoms with E-state index in [1.165, 1.54) is 5.56 Å². The van der Waals surface area contributed by atoms with Crippen LogP contribution >= 0.6 is 0 Å². The molecule has 1 aromatic heterocycles. The minimum atomic E-state index is -0.857. The quantitative estimate of drug-likeness (QED) is 0.730. The Balaban J connectivity index is 2.36. The van der Waals surface area contributed by atoms with E-state index in [1.807, 2.05) is 0 Å². The second kappa shape index (κ2) is 2.91. The van der Waals surface area contributed by atoms with Crippen molar-refractivity contribution in [3.63, 3.8) is 0 Å². The topological polar surface area (TPSA) is 53.1 Å². The third-order valence-corrected chi connectivity index (χ3v) is 2.84. The predicted octanol–water partition coefficient (Wildman–Crippen LogP) is 2.15. The molecule has 0 spiro atoms. The lowest BCUT2D eigenvalue weighted by Crippen LogP contribution is -1.97. The van der Waals surface area contributed by atoms with Gasteiger partial charge in [-0.3, -0.25) is 0 Å². The Bertz CT molecular complexity index is 341. The van der Waals surface area contributed by atoms with Gasteiger partial charge < -0.3 is 10.1 Å². The van der Waals surface area contributed by atoms with Gasteiger partial charge in [0.2, 0.25) is 0 Å². The van der Waals surface area contributed by atoms with Gasteiger partial charge in [0.15, 0.2) is 0 Å². The predicted molar refractivity (Wildman–Crippen MR) is 49.1 cm³/mol. The fourth-order valence-corrected chi connectivity index (χ4v) is 2.10. The normalized spacial score (nSPS) is 20.2. The molecule has 1 heterocycles. The van der Waals surface area contributed by atoms with Gasteiger partial charge in [-0.05, 0) is 36.8 Å². The molecular weight excluding hydrogens is 166 g/mol. The highest BCUT2D eigenvalue weighted by atomic mass is 16.4. The van der Waals surface area contributed by atoms with Crippen molar-refractivity contribution in [3.8, 4) is 0 Å². The first kappa shape index (κ1) is 8.35. The molecule has 2 rings (SSSR count). The van der Waals surface area contributed by atoms with Crippen molar-refractivity contribution >= 4 is 5.97 Å². The van der Waals surface area contributed by atoms with Crippen LogP contribution in [0, 0.1) is 0 Å². The Morgan fingerprint density at radius 1 is 1.77 bits per heavy atom. The lowest BCUT2D eigenvalue weighted by atomic mass is 10.0. The molecule has 0 aliphatic heterocycles. The Labute approximate surface area is 76.8 Å². The van der Waals surface area contributed by atoms with E-state index in [4.69, 9.17) is 5.11 Å². The van der Waals surface area contributed by atoms with E-state index in [-0.39, 0.29) is 0 Å². The first-order valence-electron chi connectivity index (χ1n) is 4.67. The molecule has 0 saturated heterocycles. The number of hydrogen-bond donors (Lipinski definition) is 2. The van der Waals surface area contributed by atoms with Crippen LogP contribution in [0.15, 0.2) is 6.07 Å². The van der Waals surface area contributed by atoms with Gasteiger partial charge >= 0.3 is 5.97 Å². The monoisotopic (exact) mass is 179 g/mol. The second-order valence-corrected chi connectivity index (χ2v) is 3.57. The SMILES string of the molecule is CC[C@H]1CCc2[nH]c(C(=O)O)cc21. The van der Waals surface area contributed by atoms with Crippen molar-refractivity contribution in [3.05, 3.63) is 23.0 Å². The van der Waals surface area contributed by atoms with E-state index >= 15 is 0 Å². The molecule has 1 atom stereocenters. The lowest BCUT2D eigenvalue weighted by molar-refractivity contribution is 0.0691. The number of aromatic carboxylic acids is 1. The molecule has 1 aliphatic carbocycles. The van der Waals surface area contributed by atoms with Crippen molar-refractivity contribution in [1.29, 1.82) is 0 Å². The molecule has 1 aromatic rings. The Morgan fingerprint density at radius 3 is 3.15 bits per heavy atom. The van der Waals surface area contributed by atoms with E-state index in [1.54, 1.807) is 6.07 Å². The largest absolute Gasteiger partial charge is 0.477 e.